The maximum absolute atomic E-state index is 7.66. The summed E-state index contributed by atoms with van der Waals surface area (Å²) in [6.07, 6.45) is -5.70. The van der Waals surface area contributed by atoms with Crippen LogP contribution in [0.4, 0.5) is 0 Å². The Kier molecular flexibility index (Phi) is 20.6. The smallest absolute Gasteiger partial charge is 0.201 e. The highest BCUT2D eigenvalue weighted by Crippen LogP contribution is 2.46. The second kappa shape index (κ2) is 26.2. The summed E-state index contributed by atoms with van der Waals surface area (Å²) in [6, 6.07) is 40.2. The molecular weight excluding hydrogens is 853 g/mol. The number of benzene rings is 4. The third-order valence-electron chi connectivity index (χ3n) is 12.8. The number of rotatable bonds is 26. The van der Waals surface area contributed by atoms with E-state index in [0.29, 0.717) is 29.8 Å². The summed E-state index contributed by atoms with van der Waals surface area (Å²) in [4.78, 5) is 0. The molecule has 0 bridgehead atoms. The fourth-order valence-corrected chi connectivity index (χ4v) is 15.3. The Hall–Kier alpha value is -3.60. The van der Waals surface area contributed by atoms with E-state index < -0.39 is 69.7 Å². The van der Waals surface area contributed by atoms with E-state index in [1.54, 1.807) is 20.3 Å². The molecule has 2 heterocycles. The van der Waals surface area contributed by atoms with E-state index in [2.05, 4.69) is 60.3 Å². The molecule has 6 rings (SSSR count). The Morgan fingerprint density at radius 1 is 0.485 bits per heavy atom. The van der Waals surface area contributed by atoms with Crippen LogP contribution in [0.25, 0.3) is 0 Å². The molecule has 12 heteroatoms. The summed E-state index contributed by atoms with van der Waals surface area (Å²) in [5.74, 6) is 0. The van der Waals surface area contributed by atoms with Gasteiger partial charge in [0.15, 0.2) is 12.6 Å². The molecule has 0 saturated carbocycles. The lowest BCUT2D eigenvalue weighted by molar-refractivity contribution is -0.370. The van der Waals surface area contributed by atoms with Crippen molar-refractivity contribution >= 4 is 8.32 Å². The molecule has 10 atom stereocenters. The Labute approximate surface area is 395 Å². The summed E-state index contributed by atoms with van der Waals surface area (Å²) in [7, 11) is 0.823. The van der Waals surface area contributed by atoms with E-state index in [4.69, 9.17) is 51.8 Å². The van der Waals surface area contributed by atoms with Crippen molar-refractivity contribution in [1.82, 2.24) is 0 Å². The lowest BCUT2D eigenvalue weighted by atomic mass is 9.96. The van der Waals surface area contributed by atoms with Crippen molar-refractivity contribution in [2.75, 3.05) is 34.0 Å². The summed E-state index contributed by atoms with van der Waals surface area (Å²) in [5.41, 5.74) is 4.94. The van der Waals surface area contributed by atoms with Crippen LogP contribution >= 0.6 is 0 Å². The monoisotopic (exact) mass is 927 g/mol. The average Bonchev–Trinajstić information content (AvgIpc) is 3.33. The van der Waals surface area contributed by atoms with E-state index >= 15 is 0 Å². The topological polar surface area (TPSA) is 102 Å². The van der Waals surface area contributed by atoms with Crippen LogP contribution < -0.4 is 0 Å². The summed E-state index contributed by atoms with van der Waals surface area (Å²) in [6.45, 7) is 19.5. The molecule has 2 saturated heterocycles. The highest BCUT2D eigenvalue weighted by atomic mass is 28.4. The third kappa shape index (κ3) is 13.6. The first-order chi connectivity index (χ1) is 32.1. The first-order valence-electron chi connectivity index (χ1n) is 23.6. The molecule has 0 spiro atoms. The van der Waals surface area contributed by atoms with E-state index in [1.165, 1.54) is 0 Å². The van der Waals surface area contributed by atoms with Crippen molar-refractivity contribution in [3.8, 4) is 0 Å². The van der Waals surface area contributed by atoms with Crippen molar-refractivity contribution in [2.24, 2.45) is 0 Å². The second-order valence-electron chi connectivity index (χ2n) is 18.1. The minimum atomic E-state index is -2.54. The van der Waals surface area contributed by atoms with Gasteiger partial charge in [0, 0.05) is 14.2 Å². The predicted molar refractivity (Wildman–Crippen MR) is 258 cm³/mol. The normalized spacial score (nSPS) is 26.0. The molecule has 0 radical (unpaired) electrons. The molecule has 0 aromatic heterocycles. The van der Waals surface area contributed by atoms with Gasteiger partial charge in [-0.25, -0.2) is 0 Å². The molecule has 360 valence electrons. The van der Waals surface area contributed by atoms with Gasteiger partial charge in [-0.1, -0.05) is 169 Å². The fraction of sp³-hybridized carbons (Fsp3) is 0.519. The predicted octanol–water partition coefficient (Wildman–Crippen LogP) is 10.2. The zero-order valence-corrected chi connectivity index (χ0v) is 41.3. The van der Waals surface area contributed by atoms with Gasteiger partial charge < -0.3 is 51.8 Å². The lowest BCUT2D eigenvalue weighted by Crippen LogP contribution is -2.68. The molecule has 4 aromatic carbocycles. The number of ether oxygens (including phenoxy) is 10. The number of methoxy groups -OCH3 is 2. The summed E-state index contributed by atoms with van der Waals surface area (Å²) in [5, 5.41) is 0. The Morgan fingerprint density at radius 3 is 1.27 bits per heavy atom. The minimum absolute atomic E-state index is 0.148. The quantitative estimate of drug-likeness (QED) is 0.0444. The first-order valence-corrected chi connectivity index (χ1v) is 25.7. The van der Waals surface area contributed by atoms with Gasteiger partial charge in [-0.3, -0.25) is 0 Å². The molecule has 0 N–H and O–H groups in total. The fourth-order valence-electron chi connectivity index (χ4n) is 9.69. The van der Waals surface area contributed by atoms with E-state index in [9.17, 15) is 0 Å². The van der Waals surface area contributed by atoms with Crippen LogP contribution in [-0.4, -0.2) is 104 Å². The highest BCUT2D eigenvalue weighted by molar-refractivity contribution is 6.77. The molecule has 2 fully saturated rings. The van der Waals surface area contributed by atoms with Crippen molar-refractivity contribution in [1.29, 1.82) is 0 Å². The Balaban J connectivity index is 1.40. The second-order valence-corrected chi connectivity index (χ2v) is 23.5. The molecular formula is C54H74O11Si. The number of hydrogen-bond donors (Lipinski definition) is 0. The van der Waals surface area contributed by atoms with Gasteiger partial charge in [-0.05, 0) is 38.9 Å². The zero-order chi connectivity index (χ0) is 46.9. The Morgan fingerprint density at radius 2 is 0.864 bits per heavy atom. The maximum atomic E-state index is 7.66. The van der Waals surface area contributed by atoms with Crippen LogP contribution in [0.2, 0.25) is 16.6 Å². The van der Waals surface area contributed by atoms with E-state index in [0.717, 1.165) is 22.3 Å². The van der Waals surface area contributed by atoms with Crippen LogP contribution in [-0.2, 0) is 78.2 Å². The summed E-state index contributed by atoms with van der Waals surface area (Å²) >= 11 is 0. The minimum Gasteiger partial charge on any atom is -0.408 e. The van der Waals surface area contributed by atoms with Gasteiger partial charge in [0.05, 0.1) is 46.2 Å². The van der Waals surface area contributed by atoms with Crippen LogP contribution in [0.5, 0.6) is 0 Å². The third-order valence-corrected chi connectivity index (χ3v) is 18.9. The van der Waals surface area contributed by atoms with Crippen molar-refractivity contribution in [2.45, 2.75) is 146 Å². The molecule has 1 unspecified atom stereocenters. The molecule has 0 amide bonds. The van der Waals surface area contributed by atoms with E-state index in [-0.39, 0.29) is 33.0 Å². The largest absolute Gasteiger partial charge is 0.408 e. The summed E-state index contributed by atoms with van der Waals surface area (Å²) < 4.78 is 74.9. The van der Waals surface area contributed by atoms with Crippen molar-refractivity contribution < 1.29 is 51.8 Å². The molecule has 2 aliphatic heterocycles. The SMILES string of the molecule is C=CCO[C@H]1O[C@H](COCc2ccccc2)[C@@H](OC2O[C@H](COCc3ccccc3)[C@@H](O[Si](C(C)C)(C(C)C)C(C)C)[C@H](OC)[C@@H]2OCc2ccccc2)[C@H](OC)[C@@H]1OCc1ccccc1. The molecule has 66 heavy (non-hydrogen) atoms. The van der Waals surface area contributed by atoms with Crippen molar-refractivity contribution in [3.63, 3.8) is 0 Å². The standard InChI is InChI=1S/C54H74O11Si/c1-10-31-59-53-51(60-34-43-27-19-13-20-28-43)49(55-8)47(45(62-53)36-57-32-41-23-15-11-16-24-41)64-54-52(61-35-44-29-21-14-22-30-44)50(56-9)48(65-66(38(2)3,39(4)5)40(6)7)46(63-54)37-58-33-42-25-17-12-18-26-42/h10-30,38-40,45-54H,1,31-37H2,2-9H3/t45-,46-,47-,48-,49+,50+,51+,52+,53+,54?/m1/s1. The molecule has 0 aliphatic carbocycles. The van der Waals surface area contributed by atoms with Crippen molar-refractivity contribution in [3.05, 3.63) is 156 Å². The van der Waals surface area contributed by atoms with Gasteiger partial charge in [0.25, 0.3) is 0 Å². The van der Waals surface area contributed by atoms with Gasteiger partial charge in [0.1, 0.15) is 48.8 Å². The van der Waals surface area contributed by atoms with Crippen LogP contribution in [0.3, 0.4) is 0 Å². The number of hydrogen-bond acceptors (Lipinski definition) is 11. The average molecular weight is 927 g/mol. The van der Waals surface area contributed by atoms with Gasteiger partial charge >= 0.3 is 0 Å². The van der Waals surface area contributed by atoms with Crippen LogP contribution in [0.15, 0.2) is 134 Å². The lowest BCUT2D eigenvalue weighted by Gasteiger charge is -2.53. The van der Waals surface area contributed by atoms with Crippen LogP contribution in [0, 0.1) is 0 Å². The van der Waals surface area contributed by atoms with E-state index in [1.807, 2.05) is 109 Å². The van der Waals surface area contributed by atoms with Crippen LogP contribution in [0.1, 0.15) is 63.8 Å². The first kappa shape index (κ1) is 51.8. The molecule has 4 aromatic rings. The molecule has 2 aliphatic rings. The van der Waals surface area contributed by atoms with Gasteiger partial charge in [-0.15, -0.1) is 6.58 Å². The van der Waals surface area contributed by atoms with Gasteiger partial charge in [-0.2, -0.15) is 0 Å². The maximum Gasteiger partial charge on any atom is 0.201 e. The zero-order valence-electron chi connectivity index (χ0n) is 40.3. The highest BCUT2D eigenvalue weighted by Gasteiger charge is 2.57. The Bertz CT molecular complexity index is 1920. The van der Waals surface area contributed by atoms with Gasteiger partial charge in [0.2, 0.25) is 8.32 Å². The molecule has 11 nitrogen and oxygen atoms in total.